The Hall–Kier alpha value is -8.08. The number of nitrogens with zero attached hydrogens (tertiary/aromatic N) is 1. The smallest absolute Gasteiger partial charge is 0.305 e. The van der Waals surface area contributed by atoms with Gasteiger partial charge in [-0.3, -0.25) is 81.5 Å². The minimum absolute atomic E-state index is 0.0248. The molecular formula is C74H119N17O20S3. The average molecular weight is 1660 g/mol. The van der Waals surface area contributed by atoms with Gasteiger partial charge in [-0.1, -0.05) is 93.2 Å². The molecule has 4 aliphatic heterocycles. The molecule has 21 N–H and O–H groups in total. The summed E-state index contributed by atoms with van der Waals surface area (Å²) >= 11 is 1.35. The topological polar surface area (TPSA) is 575 Å². The van der Waals surface area contributed by atoms with Gasteiger partial charge in [0.25, 0.3) is 0 Å². The number of aliphatic hydroxyl groups is 1. The first-order valence-electron chi connectivity index (χ1n) is 40.0. The normalized spacial score (nSPS) is 28.4. The molecule has 6 unspecified atom stereocenters. The Morgan fingerprint density at radius 3 is 1.65 bits per heavy atom. The molecule has 0 spiro atoms. The van der Waals surface area contributed by atoms with Crippen LogP contribution in [0.2, 0.25) is 0 Å². The van der Waals surface area contributed by atoms with Crippen molar-refractivity contribution in [2.75, 3.05) is 49.8 Å². The van der Waals surface area contributed by atoms with Gasteiger partial charge < -0.3 is 106 Å². The van der Waals surface area contributed by atoms with Crippen molar-refractivity contribution in [1.82, 2.24) is 79.3 Å². The maximum Gasteiger partial charge on any atom is 0.305 e. The molecule has 3 aliphatic carbocycles. The molecule has 114 heavy (non-hydrogen) atoms. The molecule has 7 fully saturated rings. The second-order valence-corrected chi connectivity index (χ2v) is 35.2. The summed E-state index contributed by atoms with van der Waals surface area (Å²) in [6.45, 7) is 5.75. The molecule has 0 radical (unpaired) electrons. The lowest BCUT2D eigenvalue weighted by Crippen LogP contribution is -2.61. The zero-order valence-corrected chi connectivity index (χ0v) is 68.1. The van der Waals surface area contributed by atoms with Crippen LogP contribution in [0.1, 0.15) is 182 Å². The fourth-order valence-electron chi connectivity index (χ4n) is 16.6. The van der Waals surface area contributed by atoms with Crippen molar-refractivity contribution < 1.29 is 96.8 Å². The maximum absolute atomic E-state index is 15.5. The van der Waals surface area contributed by atoms with Gasteiger partial charge in [0.1, 0.15) is 78.5 Å². The lowest BCUT2D eigenvalue weighted by atomic mass is 9.77. The molecule has 4 heterocycles. The van der Waals surface area contributed by atoms with Gasteiger partial charge >= 0.3 is 11.9 Å². The van der Waals surface area contributed by atoms with Crippen LogP contribution in [-0.2, 0) is 81.5 Å². The predicted octanol–water partition coefficient (Wildman–Crippen LogP) is -2.97. The largest absolute Gasteiger partial charge is 0.481 e. The van der Waals surface area contributed by atoms with Crippen LogP contribution in [0.3, 0.4) is 0 Å². The monoisotopic (exact) mass is 1660 g/mol. The van der Waals surface area contributed by atoms with Gasteiger partial charge in [-0.15, -0.1) is 0 Å². The number of likely N-dealkylation sites (tertiary alicyclic amines) is 1. The number of nitrogens with two attached hydrogens (primary N) is 2. The molecule has 19 atom stereocenters. The molecule has 0 aromatic rings. The molecule has 40 heteroatoms. The van der Waals surface area contributed by atoms with Crippen molar-refractivity contribution in [1.29, 1.82) is 0 Å². The number of carbonyl (C=O) groups excluding carboxylic acids is 15. The number of rotatable bonds is 32. The lowest BCUT2D eigenvalue weighted by Gasteiger charge is -2.32. The highest BCUT2D eigenvalue weighted by atomic mass is 33.1. The van der Waals surface area contributed by atoms with Crippen molar-refractivity contribution in [2.45, 2.75) is 272 Å². The second kappa shape index (κ2) is 46.0. The van der Waals surface area contributed by atoms with E-state index in [0.717, 1.165) is 99.1 Å². The number of fused-ring (bicyclic) bond motifs is 2. The lowest BCUT2D eigenvalue weighted by molar-refractivity contribution is -0.142. The average Bonchev–Trinajstić information content (AvgIpc) is 1.67. The molecule has 0 aromatic heterocycles. The highest BCUT2D eigenvalue weighted by molar-refractivity contribution is 8.76. The summed E-state index contributed by atoms with van der Waals surface area (Å²) in [7, 11) is 1.69. The van der Waals surface area contributed by atoms with E-state index >= 15 is 19.2 Å². The van der Waals surface area contributed by atoms with E-state index in [-0.39, 0.29) is 106 Å². The zero-order valence-electron chi connectivity index (χ0n) is 65.7. The van der Waals surface area contributed by atoms with Gasteiger partial charge in [0, 0.05) is 43.5 Å². The number of carboxylic acid groups (broad SMARTS) is 2. The third kappa shape index (κ3) is 28.7. The Morgan fingerprint density at radius 1 is 0.553 bits per heavy atom. The van der Waals surface area contributed by atoms with Crippen LogP contribution >= 0.6 is 33.3 Å². The van der Waals surface area contributed by atoms with Gasteiger partial charge in [0.15, 0.2) is 0 Å². The molecule has 7 aliphatic rings. The highest BCUT2D eigenvalue weighted by Gasteiger charge is 2.46. The molecule has 37 nitrogen and oxygen atoms in total. The third-order valence-corrected chi connectivity index (χ3v) is 25.7. The number of thioether (sulfide) groups is 1. The van der Waals surface area contributed by atoms with E-state index in [2.05, 4.69) is 74.4 Å². The van der Waals surface area contributed by atoms with E-state index < -0.39 is 216 Å². The van der Waals surface area contributed by atoms with Crippen molar-refractivity contribution in [3.63, 3.8) is 0 Å². The van der Waals surface area contributed by atoms with Crippen LogP contribution in [-0.4, -0.2) is 261 Å². The van der Waals surface area contributed by atoms with Crippen LogP contribution in [0.15, 0.2) is 0 Å². The van der Waals surface area contributed by atoms with Crippen LogP contribution in [0.4, 0.5) is 0 Å². The van der Waals surface area contributed by atoms with Gasteiger partial charge in [0.05, 0.1) is 19.4 Å². The molecule has 7 rings (SSSR count). The summed E-state index contributed by atoms with van der Waals surface area (Å²) in [4.78, 5) is 240. The molecule has 0 aromatic carbocycles. The maximum atomic E-state index is 15.5. The Kier molecular flexibility index (Phi) is 37.6. The predicted molar refractivity (Wildman–Crippen MR) is 421 cm³/mol. The van der Waals surface area contributed by atoms with Crippen LogP contribution in [0.5, 0.6) is 0 Å². The van der Waals surface area contributed by atoms with Crippen LogP contribution < -0.4 is 85.9 Å². The van der Waals surface area contributed by atoms with E-state index in [0.29, 0.717) is 31.7 Å². The Bertz CT molecular complexity index is 3430. The molecular weight excluding hydrogens is 1540 g/mol. The quantitative estimate of drug-likeness (QED) is 0.0299. The first-order valence-corrected chi connectivity index (χ1v) is 43.9. The highest BCUT2D eigenvalue weighted by Crippen LogP contribution is 2.39. The van der Waals surface area contributed by atoms with Crippen LogP contribution in [0, 0.1) is 35.5 Å². The second-order valence-electron chi connectivity index (χ2n) is 31.7. The minimum Gasteiger partial charge on any atom is -0.481 e. The Morgan fingerprint density at radius 2 is 1.07 bits per heavy atom. The standard InChI is InChI=1S/C74H119N17O20S3/c1-37(2)26-50-67(104)81-47(21-22-59(75)94)64(101)84-52(28-41-32-77-45-18-11-9-16-43(41)45)66(103)79-38(3)63(100)90-57(74(111)91-24-13-20-58(91)73(110)87-51(27-40-14-7-6-8-15-40)68(105)82-49(62(76)99)30-60(95)96)36-114-113-35-56(72(109)85-53(69(106)83-50)29-42-33-78-46-19-12-10-17-44(42)46)89-70(107)54(31-61(97)98)86-71(108)55(34-92)88-65(102)48(23-25-112-5)80-39(4)93/h37-38,40-58,77-78,92H,6-36H2,1-5H3,(H2,75,94)(H2,76,99)(H,79,103)(H,80,93)(H,81,104)(H,82,105)(H,83,106)(H,84,101)(H,85,109)(H,86,108)(H,87,110)(H,88,102)(H,89,107)(H,90,100)(H,95,96)(H,97,98)/t38-,41?,42?,43?,44?,45?,46?,47+,48+,49+,50+,51+,52+,53+,54+,55+,56+,57+,58+/m1/s1. The van der Waals surface area contributed by atoms with Crippen molar-refractivity contribution in [2.24, 2.45) is 47.0 Å². The number of aliphatic hydroxyl groups excluding tert-OH is 1. The molecule has 15 amide bonds. The first-order chi connectivity index (χ1) is 54.2. The Balaban J connectivity index is 1.29. The van der Waals surface area contributed by atoms with E-state index in [1.165, 1.54) is 23.6 Å². The van der Waals surface area contributed by atoms with E-state index in [4.69, 9.17) is 11.5 Å². The summed E-state index contributed by atoms with van der Waals surface area (Å²) in [5.74, 6) is -18.5. The summed E-state index contributed by atoms with van der Waals surface area (Å²) < 4.78 is 0. The molecule has 4 saturated heterocycles. The zero-order chi connectivity index (χ0) is 83.5. The number of carbonyl (C=O) groups is 17. The fourth-order valence-corrected chi connectivity index (χ4v) is 19.4. The van der Waals surface area contributed by atoms with Gasteiger partial charge in [-0.25, -0.2) is 0 Å². The molecule has 638 valence electrons. The Labute approximate surface area is 675 Å². The number of hydrogen-bond acceptors (Lipinski definition) is 23. The van der Waals surface area contributed by atoms with Gasteiger partial charge in [0.2, 0.25) is 88.6 Å². The SMILES string of the molecule is CSCC[C@H](NC(C)=O)C(=O)N[C@@H](CO)C(=O)N[C@@H](CC(=O)O)C(=O)N[C@H]1CSSC[C@@H](C(=O)N2CCC[C@H]2C(=O)N[C@@H](CC2CCCCC2)C(=O)N[C@@H](CC(=O)O)C(N)=O)NC(=O)[C@@H](C)NC(=O)[C@H](CC2CNC3CCCCC23)NC(=O)[C@H](CCC(N)=O)NC(=O)[C@H](CC(C)C)NC(=O)[C@H](CC2CNC3CCCCC23)NC1=O. The summed E-state index contributed by atoms with van der Waals surface area (Å²) in [5, 5.41) is 68.6. The summed E-state index contributed by atoms with van der Waals surface area (Å²) in [5.41, 5.74) is 11.2. The van der Waals surface area contributed by atoms with E-state index in [1.54, 1.807) is 20.1 Å². The van der Waals surface area contributed by atoms with E-state index in [9.17, 15) is 77.6 Å². The van der Waals surface area contributed by atoms with Crippen LogP contribution in [0.25, 0.3) is 0 Å². The summed E-state index contributed by atoms with van der Waals surface area (Å²) in [6.07, 6.45) is 10.3. The van der Waals surface area contributed by atoms with Gasteiger partial charge in [-0.2, -0.15) is 11.8 Å². The van der Waals surface area contributed by atoms with Crippen molar-refractivity contribution in [3.8, 4) is 0 Å². The number of nitrogens with one attached hydrogen (secondary N) is 14. The summed E-state index contributed by atoms with van der Waals surface area (Å²) in [6, 6.07) is -20.0. The third-order valence-electron chi connectivity index (χ3n) is 22.6. The molecule has 0 bridgehead atoms. The fraction of sp³-hybridized carbons (Fsp3) is 0.770. The van der Waals surface area contributed by atoms with Crippen molar-refractivity contribution >= 4 is 134 Å². The minimum atomic E-state index is -2.06. The first kappa shape index (κ1) is 93.1. The molecule has 3 saturated carbocycles. The van der Waals surface area contributed by atoms with E-state index in [1.807, 2.05) is 0 Å². The number of primary amides is 2. The van der Waals surface area contributed by atoms with Crippen molar-refractivity contribution in [3.05, 3.63) is 0 Å². The number of amides is 15. The number of aliphatic carboxylic acids is 2. The van der Waals surface area contributed by atoms with Gasteiger partial charge in [-0.05, 0) is 145 Å². The number of carboxylic acids is 2. The number of hydrogen-bond donors (Lipinski definition) is 19.